The van der Waals surface area contributed by atoms with Crippen molar-refractivity contribution in [3.05, 3.63) is 29.0 Å². The summed E-state index contributed by atoms with van der Waals surface area (Å²) in [6.45, 7) is 6.60. The van der Waals surface area contributed by atoms with Gasteiger partial charge in [-0.2, -0.15) is 0 Å². The fourth-order valence-electron chi connectivity index (χ4n) is 2.99. The summed E-state index contributed by atoms with van der Waals surface area (Å²) in [7, 11) is 0. The van der Waals surface area contributed by atoms with Gasteiger partial charge in [0.25, 0.3) is 0 Å². The molecule has 1 aliphatic rings. The Hall–Kier alpha value is -1.09. The van der Waals surface area contributed by atoms with Gasteiger partial charge in [-0.1, -0.05) is 38.8 Å². The van der Waals surface area contributed by atoms with E-state index in [1.165, 1.54) is 6.42 Å². The second kappa shape index (κ2) is 6.57. The standard InChI is InChI=1S/C16H22ClNO2/c1-10(2)12-7-6-11(3)9-14(12)20-16(19)13-5-4-8-18-15(13)17/h4-5,8,10-12,14H,6-7,9H2,1-3H3. The van der Waals surface area contributed by atoms with E-state index >= 15 is 0 Å². The van der Waals surface area contributed by atoms with Crippen LogP contribution in [0.1, 0.15) is 50.4 Å². The van der Waals surface area contributed by atoms with Crippen molar-refractivity contribution in [3.63, 3.8) is 0 Å². The van der Waals surface area contributed by atoms with Gasteiger partial charge in [-0.3, -0.25) is 0 Å². The van der Waals surface area contributed by atoms with Crippen LogP contribution < -0.4 is 0 Å². The molecule has 0 saturated heterocycles. The molecule has 1 aromatic rings. The lowest BCUT2D eigenvalue weighted by molar-refractivity contribution is -0.0174. The van der Waals surface area contributed by atoms with Crippen LogP contribution in [0.25, 0.3) is 0 Å². The van der Waals surface area contributed by atoms with E-state index in [0.717, 1.165) is 12.8 Å². The number of esters is 1. The summed E-state index contributed by atoms with van der Waals surface area (Å²) in [4.78, 5) is 16.2. The molecule has 1 saturated carbocycles. The number of carbonyl (C=O) groups is 1. The van der Waals surface area contributed by atoms with Crippen LogP contribution in [-0.4, -0.2) is 17.1 Å². The number of carbonyl (C=O) groups excluding carboxylic acids is 1. The maximum absolute atomic E-state index is 12.3. The van der Waals surface area contributed by atoms with Crippen LogP contribution in [-0.2, 0) is 4.74 Å². The van der Waals surface area contributed by atoms with Crippen LogP contribution in [0.15, 0.2) is 18.3 Å². The van der Waals surface area contributed by atoms with Crippen molar-refractivity contribution in [1.29, 1.82) is 0 Å². The van der Waals surface area contributed by atoms with Gasteiger partial charge >= 0.3 is 5.97 Å². The maximum Gasteiger partial charge on any atom is 0.341 e. The number of ether oxygens (including phenoxy) is 1. The summed E-state index contributed by atoms with van der Waals surface area (Å²) in [5, 5.41) is 0.211. The molecular weight excluding hydrogens is 274 g/mol. The third-order valence-electron chi connectivity index (χ3n) is 4.20. The molecule has 4 heteroatoms. The molecule has 3 atom stereocenters. The van der Waals surface area contributed by atoms with Gasteiger partial charge in [-0.15, -0.1) is 0 Å². The van der Waals surface area contributed by atoms with Crippen molar-refractivity contribution in [2.45, 2.75) is 46.1 Å². The zero-order valence-electron chi connectivity index (χ0n) is 12.3. The van der Waals surface area contributed by atoms with E-state index in [-0.39, 0.29) is 17.2 Å². The van der Waals surface area contributed by atoms with Crippen LogP contribution in [0.5, 0.6) is 0 Å². The molecule has 1 aliphatic carbocycles. The number of hydrogen-bond donors (Lipinski definition) is 0. The van der Waals surface area contributed by atoms with Crippen molar-refractivity contribution in [2.24, 2.45) is 17.8 Å². The molecule has 0 N–H and O–H groups in total. The number of pyridine rings is 1. The third kappa shape index (κ3) is 3.51. The smallest absolute Gasteiger partial charge is 0.341 e. The van der Waals surface area contributed by atoms with Crippen LogP contribution in [0.4, 0.5) is 0 Å². The Bertz CT molecular complexity index is 475. The van der Waals surface area contributed by atoms with E-state index in [1.54, 1.807) is 18.3 Å². The SMILES string of the molecule is CC1CCC(C(C)C)C(OC(=O)c2cccnc2Cl)C1. The van der Waals surface area contributed by atoms with Crippen LogP contribution in [0.3, 0.4) is 0 Å². The maximum atomic E-state index is 12.3. The lowest BCUT2D eigenvalue weighted by atomic mass is 9.75. The highest BCUT2D eigenvalue weighted by atomic mass is 35.5. The van der Waals surface area contributed by atoms with Crippen LogP contribution >= 0.6 is 11.6 Å². The molecule has 0 aromatic carbocycles. The second-order valence-electron chi connectivity index (χ2n) is 6.11. The Morgan fingerprint density at radius 3 is 2.85 bits per heavy atom. The molecule has 2 rings (SSSR count). The lowest BCUT2D eigenvalue weighted by Gasteiger charge is -2.36. The highest BCUT2D eigenvalue weighted by Gasteiger charge is 2.33. The van der Waals surface area contributed by atoms with E-state index in [1.807, 2.05) is 0 Å². The summed E-state index contributed by atoms with van der Waals surface area (Å²) in [5.74, 6) is 1.20. The summed E-state index contributed by atoms with van der Waals surface area (Å²) >= 11 is 5.95. The predicted molar refractivity (Wildman–Crippen MR) is 79.8 cm³/mol. The molecule has 1 heterocycles. The molecule has 3 unspecified atom stereocenters. The Balaban J connectivity index is 2.10. The molecule has 20 heavy (non-hydrogen) atoms. The highest BCUT2D eigenvalue weighted by molar-refractivity contribution is 6.32. The van der Waals surface area contributed by atoms with Gasteiger partial charge < -0.3 is 4.74 Å². The van der Waals surface area contributed by atoms with E-state index in [2.05, 4.69) is 25.8 Å². The molecule has 0 aliphatic heterocycles. The molecule has 1 fully saturated rings. The largest absolute Gasteiger partial charge is 0.458 e. The second-order valence-corrected chi connectivity index (χ2v) is 6.47. The normalized spacial score (nSPS) is 26.6. The third-order valence-corrected chi connectivity index (χ3v) is 4.50. The van der Waals surface area contributed by atoms with E-state index in [4.69, 9.17) is 16.3 Å². The fraction of sp³-hybridized carbons (Fsp3) is 0.625. The van der Waals surface area contributed by atoms with Crippen molar-refractivity contribution >= 4 is 17.6 Å². The lowest BCUT2D eigenvalue weighted by Crippen LogP contribution is -2.35. The van der Waals surface area contributed by atoms with Gasteiger partial charge in [0.1, 0.15) is 11.3 Å². The molecule has 0 spiro atoms. The topological polar surface area (TPSA) is 39.2 Å². The van der Waals surface area contributed by atoms with Crippen molar-refractivity contribution in [3.8, 4) is 0 Å². The first-order chi connectivity index (χ1) is 9.49. The van der Waals surface area contributed by atoms with Crippen molar-refractivity contribution in [2.75, 3.05) is 0 Å². The molecule has 0 bridgehead atoms. The van der Waals surface area contributed by atoms with Gasteiger partial charge in [0, 0.05) is 6.20 Å². The molecule has 3 nitrogen and oxygen atoms in total. The Kier molecular flexibility index (Phi) is 5.03. The van der Waals surface area contributed by atoms with Gasteiger partial charge in [-0.25, -0.2) is 9.78 Å². The number of hydrogen-bond acceptors (Lipinski definition) is 3. The fourth-order valence-corrected chi connectivity index (χ4v) is 3.19. The number of halogens is 1. The number of nitrogens with zero attached hydrogens (tertiary/aromatic N) is 1. The molecule has 0 radical (unpaired) electrons. The first kappa shape index (κ1) is 15.3. The average molecular weight is 296 g/mol. The number of rotatable bonds is 3. The first-order valence-electron chi connectivity index (χ1n) is 7.30. The minimum atomic E-state index is -0.354. The van der Waals surface area contributed by atoms with E-state index < -0.39 is 0 Å². The van der Waals surface area contributed by atoms with Gasteiger partial charge in [-0.05, 0) is 42.7 Å². The Morgan fingerprint density at radius 1 is 1.45 bits per heavy atom. The summed E-state index contributed by atoms with van der Waals surface area (Å²) in [6.07, 6.45) is 4.83. The van der Waals surface area contributed by atoms with Crippen LogP contribution in [0.2, 0.25) is 5.15 Å². The highest BCUT2D eigenvalue weighted by Crippen LogP contribution is 2.35. The zero-order valence-corrected chi connectivity index (χ0v) is 13.1. The summed E-state index contributed by atoms with van der Waals surface area (Å²) in [5.41, 5.74) is 0.356. The minimum Gasteiger partial charge on any atom is -0.458 e. The van der Waals surface area contributed by atoms with E-state index in [0.29, 0.717) is 23.3 Å². The molecular formula is C16H22ClNO2. The first-order valence-corrected chi connectivity index (χ1v) is 7.68. The van der Waals surface area contributed by atoms with Crippen molar-refractivity contribution in [1.82, 2.24) is 4.98 Å². The van der Waals surface area contributed by atoms with Gasteiger partial charge in [0.15, 0.2) is 0 Å². The predicted octanol–water partition coefficient (Wildman–Crippen LogP) is 4.35. The molecule has 1 aromatic heterocycles. The average Bonchev–Trinajstić information content (AvgIpc) is 2.38. The molecule has 110 valence electrons. The summed E-state index contributed by atoms with van der Waals surface area (Å²) < 4.78 is 5.74. The van der Waals surface area contributed by atoms with Crippen molar-refractivity contribution < 1.29 is 9.53 Å². The van der Waals surface area contributed by atoms with Gasteiger partial charge in [0.2, 0.25) is 0 Å². The monoisotopic (exact) mass is 295 g/mol. The Morgan fingerprint density at radius 2 is 2.20 bits per heavy atom. The molecule has 0 amide bonds. The number of aromatic nitrogens is 1. The van der Waals surface area contributed by atoms with E-state index in [9.17, 15) is 4.79 Å². The quantitative estimate of drug-likeness (QED) is 0.614. The summed E-state index contributed by atoms with van der Waals surface area (Å²) in [6, 6.07) is 3.36. The van der Waals surface area contributed by atoms with Gasteiger partial charge in [0.05, 0.1) is 5.56 Å². The Labute approximate surface area is 125 Å². The van der Waals surface area contributed by atoms with Crippen LogP contribution in [0, 0.1) is 17.8 Å². The zero-order chi connectivity index (χ0) is 14.7. The minimum absolute atomic E-state index is 0.0116.